The van der Waals surface area contributed by atoms with E-state index in [1.807, 2.05) is 7.05 Å². The summed E-state index contributed by atoms with van der Waals surface area (Å²) in [5.41, 5.74) is 2.29. The van der Waals surface area contributed by atoms with Crippen LogP contribution in [0.2, 0.25) is 0 Å². The molecule has 7 nitrogen and oxygen atoms in total. The van der Waals surface area contributed by atoms with Gasteiger partial charge in [-0.05, 0) is 6.42 Å². The van der Waals surface area contributed by atoms with Gasteiger partial charge in [0.05, 0.1) is 13.3 Å². The molecular weight excluding hydrogens is 186 g/mol. The third-order valence-corrected chi connectivity index (χ3v) is 1.93. The number of nitrogens with one attached hydrogen (secondary N) is 1. The van der Waals surface area contributed by atoms with E-state index in [-0.39, 0.29) is 5.34 Å². The monoisotopic (exact) mass is 203 g/mol. The minimum Gasteiger partial charge on any atom is -0.332 e. The summed E-state index contributed by atoms with van der Waals surface area (Å²) >= 11 is 0. The van der Waals surface area contributed by atoms with Crippen LogP contribution in [0.4, 0.5) is 0 Å². The smallest absolute Gasteiger partial charge is 0.214 e. The fourth-order valence-corrected chi connectivity index (χ4v) is 1.37. The zero-order chi connectivity index (χ0) is 10.6. The third-order valence-electron chi connectivity index (χ3n) is 1.93. The molecule has 3 N–H and O–H groups in total. The Morgan fingerprint density at radius 2 is 2.29 bits per heavy atom. The van der Waals surface area contributed by atoms with Crippen molar-refractivity contribution in [1.82, 2.24) is 20.6 Å². The van der Waals surface area contributed by atoms with Crippen LogP contribution in [0.25, 0.3) is 0 Å². The molecule has 0 atom stereocenters. The molecule has 0 saturated carbocycles. The van der Waals surface area contributed by atoms with Gasteiger partial charge in [0.2, 0.25) is 5.96 Å². The summed E-state index contributed by atoms with van der Waals surface area (Å²) in [7, 11) is 1.83. The van der Waals surface area contributed by atoms with Crippen LogP contribution in [-0.4, -0.2) is 58.4 Å². The molecule has 0 saturated heterocycles. The van der Waals surface area contributed by atoms with Crippen molar-refractivity contribution in [1.29, 1.82) is 0 Å². The number of hydrogen-bond donors (Lipinski definition) is 3. The molecule has 0 aromatic carbocycles. The van der Waals surface area contributed by atoms with E-state index >= 15 is 0 Å². The molecule has 1 heterocycles. The second kappa shape index (κ2) is 5.11. The Kier molecular flexibility index (Phi) is 4.08. The van der Waals surface area contributed by atoms with Gasteiger partial charge in [0.15, 0.2) is 0 Å². The second-order valence-corrected chi connectivity index (χ2v) is 3.26. The van der Waals surface area contributed by atoms with Gasteiger partial charge in [-0.2, -0.15) is 0 Å². The van der Waals surface area contributed by atoms with E-state index in [0.717, 1.165) is 19.6 Å². The third kappa shape index (κ3) is 3.11. The summed E-state index contributed by atoms with van der Waals surface area (Å²) < 4.78 is 0. The molecule has 0 aromatic rings. The molecule has 0 radical (unpaired) electrons. The van der Waals surface area contributed by atoms with Crippen LogP contribution in [0, 0.1) is 0 Å². The van der Waals surface area contributed by atoms with Crippen LogP contribution in [0.15, 0.2) is 4.99 Å². The maximum Gasteiger partial charge on any atom is 0.214 e. The highest BCUT2D eigenvalue weighted by Gasteiger charge is 2.17. The standard InChI is InChI=1S/C7H17N5O2/c1-3-4-11-5-8-7(9-12(13)14)10(2)6-11/h13-14H,3-6H2,1-2H3,(H,8,9). The summed E-state index contributed by atoms with van der Waals surface area (Å²) in [5.74, 6) is 0.447. The van der Waals surface area contributed by atoms with Crippen molar-refractivity contribution in [2.75, 3.05) is 26.9 Å². The quantitative estimate of drug-likeness (QED) is 0.537. The van der Waals surface area contributed by atoms with Crippen molar-refractivity contribution in [3.05, 3.63) is 0 Å². The van der Waals surface area contributed by atoms with Crippen LogP contribution < -0.4 is 5.43 Å². The van der Waals surface area contributed by atoms with Crippen molar-refractivity contribution in [3.63, 3.8) is 0 Å². The van der Waals surface area contributed by atoms with Crippen LogP contribution in [0.3, 0.4) is 0 Å². The van der Waals surface area contributed by atoms with Crippen molar-refractivity contribution in [2.24, 2.45) is 4.99 Å². The summed E-state index contributed by atoms with van der Waals surface area (Å²) in [5, 5.41) is 17.0. The molecule has 7 heteroatoms. The summed E-state index contributed by atoms with van der Waals surface area (Å²) in [6, 6.07) is 0. The number of guanidine groups is 1. The normalized spacial score (nSPS) is 18.6. The fraction of sp³-hybridized carbons (Fsp3) is 0.857. The van der Waals surface area contributed by atoms with Crippen LogP contribution >= 0.6 is 0 Å². The maximum atomic E-state index is 8.55. The van der Waals surface area contributed by atoms with Gasteiger partial charge in [-0.25, -0.2) is 10.4 Å². The van der Waals surface area contributed by atoms with Crippen LogP contribution in [0.5, 0.6) is 0 Å². The van der Waals surface area contributed by atoms with Gasteiger partial charge >= 0.3 is 0 Å². The van der Waals surface area contributed by atoms with Gasteiger partial charge in [-0.15, -0.1) is 0 Å². The Labute approximate surface area is 83.1 Å². The Balaban J connectivity index is 2.47. The van der Waals surface area contributed by atoms with Gasteiger partial charge in [0, 0.05) is 18.9 Å². The number of aliphatic imine (C=N–C) groups is 1. The van der Waals surface area contributed by atoms with Gasteiger partial charge in [-0.3, -0.25) is 15.3 Å². The largest absolute Gasteiger partial charge is 0.332 e. The lowest BCUT2D eigenvalue weighted by atomic mass is 10.4. The lowest BCUT2D eigenvalue weighted by Gasteiger charge is -2.33. The number of hydrogen-bond acceptors (Lipinski definition) is 7. The van der Waals surface area contributed by atoms with Crippen molar-refractivity contribution < 1.29 is 10.4 Å². The van der Waals surface area contributed by atoms with Crippen molar-refractivity contribution in [2.45, 2.75) is 13.3 Å². The molecule has 0 amide bonds. The molecule has 1 aliphatic heterocycles. The van der Waals surface area contributed by atoms with E-state index in [2.05, 4.69) is 22.2 Å². The molecule has 0 aromatic heterocycles. The minimum absolute atomic E-state index is 0.0924. The average molecular weight is 203 g/mol. The molecular formula is C7H17N5O2. The highest BCUT2D eigenvalue weighted by molar-refractivity contribution is 5.79. The van der Waals surface area contributed by atoms with Gasteiger partial charge in [0.1, 0.15) is 0 Å². The van der Waals surface area contributed by atoms with Crippen LogP contribution in [-0.2, 0) is 0 Å². The Morgan fingerprint density at radius 1 is 1.57 bits per heavy atom. The van der Waals surface area contributed by atoms with Gasteiger partial charge < -0.3 is 4.90 Å². The first-order valence-electron chi connectivity index (χ1n) is 4.56. The number of hydrazine groups is 1. The summed E-state index contributed by atoms with van der Waals surface area (Å²) in [4.78, 5) is 8.11. The van der Waals surface area contributed by atoms with E-state index in [9.17, 15) is 0 Å². The fourth-order valence-electron chi connectivity index (χ4n) is 1.37. The van der Waals surface area contributed by atoms with E-state index in [1.54, 1.807) is 4.90 Å². The molecule has 1 aliphatic rings. The van der Waals surface area contributed by atoms with E-state index in [4.69, 9.17) is 10.4 Å². The Morgan fingerprint density at radius 3 is 2.79 bits per heavy atom. The first-order chi connectivity index (χ1) is 6.63. The van der Waals surface area contributed by atoms with E-state index < -0.39 is 0 Å². The number of rotatable bonds is 3. The SMILES string of the molecule is CCCN1CN=C(NN(O)O)N(C)C1. The topological polar surface area (TPSA) is 74.6 Å². The lowest BCUT2D eigenvalue weighted by molar-refractivity contribution is -0.330. The zero-order valence-corrected chi connectivity index (χ0v) is 8.51. The van der Waals surface area contributed by atoms with E-state index in [1.165, 1.54) is 0 Å². The molecule has 1 rings (SSSR count). The molecule has 0 unspecified atom stereocenters. The average Bonchev–Trinajstić information content (AvgIpc) is 2.10. The van der Waals surface area contributed by atoms with Gasteiger partial charge in [0.25, 0.3) is 0 Å². The molecule has 0 fully saturated rings. The maximum absolute atomic E-state index is 8.55. The second-order valence-electron chi connectivity index (χ2n) is 3.26. The first kappa shape index (κ1) is 11.2. The van der Waals surface area contributed by atoms with Crippen LogP contribution in [0.1, 0.15) is 13.3 Å². The van der Waals surface area contributed by atoms with Crippen molar-refractivity contribution in [3.8, 4) is 0 Å². The molecule has 0 bridgehead atoms. The Bertz CT molecular complexity index is 208. The van der Waals surface area contributed by atoms with E-state index in [0.29, 0.717) is 12.6 Å². The molecule has 82 valence electrons. The zero-order valence-electron chi connectivity index (χ0n) is 8.51. The molecule has 0 aliphatic carbocycles. The summed E-state index contributed by atoms with van der Waals surface area (Å²) in [6.07, 6.45) is 1.08. The minimum atomic E-state index is -0.0924. The molecule has 14 heavy (non-hydrogen) atoms. The molecule has 0 spiro atoms. The number of nitrogens with zero attached hydrogens (tertiary/aromatic N) is 4. The first-order valence-corrected chi connectivity index (χ1v) is 4.56. The van der Waals surface area contributed by atoms with Crippen molar-refractivity contribution >= 4 is 5.96 Å². The van der Waals surface area contributed by atoms with Gasteiger partial charge in [-0.1, -0.05) is 6.92 Å². The predicted octanol–water partition coefficient (Wildman–Crippen LogP) is -0.500. The predicted molar refractivity (Wildman–Crippen MR) is 50.5 cm³/mol. The lowest BCUT2D eigenvalue weighted by Crippen LogP contribution is -2.53. The Hall–Kier alpha value is -0.890. The highest BCUT2D eigenvalue weighted by Crippen LogP contribution is 2.01. The summed E-state index contributed by atoms with van der Waals surface area (Å²) in [6.45, 7) is 4.41. The highest BCUT2D eigenvalue weighted by atomic mass is 16.8.